The van der Waals surface area contributed by atoms with E-state index >= 15 is 0 Å². The van der Waals surface area contributed by atoms with Crippen LogP contribution in [0.5, 0.6) is 0 Å². The summed E-state index contributed by atoms with van der Waals surface area (Å²) in [6.07, 6.45) is -4.58. The zero-order chi connectivity index (χ0) is 15.8. The Morgan fingerprint density at radius 3 is 2.48 bits per heavy atom. The maximum atomic E-state index is 12.9. The van der Waals surface area contributed by atoms with Crippen LogP contribution in [0.3, 0.4) is 0 Å². The van der Waals surface area contributed by atoms with Crippen LogP contribution in [-0.4, -0.2) is 32.4 Å². The molecule has 0 bridgehead atoms. The van der Waals surface area contributed by atoms with E-state index in [1.807, 2.05) is 0 Å². The Morgan fingerprint density at radius 1 is 1.33 bits per heavy atom. The van der Waals surface area contributed by atoms with Crippen LogP contribution in [-0.2, 0) is 20.2 Å². The number of hydrogen-bond acceptors (Lipinski definition) is 4. The quantitative estimate of drug-likeness (QED) is 0.619. The molecule has 0 aliphatic carbocycles. The van der Waals surface area contributed by atoms with Crippen LogP contribution in [0.15, 0.2) is 18.2 Å². The molecular weight excluding hydrogens is 288 g/mol. The Balaban J connectivity index is 2.43. The molecule has 0 saturated carbocycles. The number of alkyl halides is 3. The van der Waals surface area contributed by atoms with Gasteiger partial charge in [-0.05, 0) is 31.4 Å². The average Bonchev–Trinajstić information content (AvgIpc) is 2.76. The van der Waals surface area contributed by atoms with Gasteiger partial charge in [0.25, 0.3) is 0 Å². The van der Waals surface area contributed by atoms with Crippen LogP contribution < -0.4 is 5.46 Å². The lowest BCUT2D eigenvalue weighted by Crippen LogP contribution is -2.35. The maximum absolute atomic E-state index is 12.9. The molecule has 8 heteroatoms. The van der Waals surface area contributed by atoms with Crippen molar-refractivity contribution in [1.29, 1.82) is 0 Å². The van der Waals surface area contributed by atoms with Crippen LogP contribution in [0.4, 0.5) is 13.2 Å². The highest BCUT2D eigenvalue weighted by molar-refractivity contribution is 6.62. The second kappa shape index (κ2) is 5.34. The second-order valence-electron chi connectivity index (χ2n) is 5.35. The number of carbonyl (C=O) groups is 1. The van der Waals surface area contributed by atoms with E-state index in [1.165, 1.54) is 6.07 Å². The number of ether oxygens (including phenoxy) is 1. The minimum Gasteiger partial charge on any atom is -0.465 e. The standard InChI is InChI=1S/C13H14BF3O4/c1-12(2)7-20-14(21-12)10-5-8(11(18)19-3)4-9(6-10)13(15,16)17/h4-6H,7H2,1-3H3. The summed E-state index contributed by atoms with van der Waals surface area (Å²) < 4.78 is 54.1. The fourth-order valence-electron chi connectivity index (χ4n) is 1.99. The predicted molar refractivity (Wildman–Crippen MR) is 69.3 cm³/mol. The first-order chi connectivity index (χ1) is 9.62. The number of benzene rings is 1. The molecule has 1 aliphatic heterocycles. The van der Waals surface area contributed by atoms with Gasteiger partial charge in [0, 0.05) is 0 Å². The second-order valence-corrected chi connectivity index (χ2v) is 5.35. The third-order valence-electron chi connectivity index (χ3n) is 2.98. The Labute approximate surface area is 120 Å². The van der Waals surface area contributed by atoms with Gasteiger partial charge in [-0.3, -0.25) is 0 Å². The zero-order valence-corrected chi connectivity index (χ0v) is 11.8. The highest BCUT2D eigenvalue weighted by Crippen LogP contribution is 2.30. The minimum atomic E-state index is -4.58. The molecule has 114 valence electrons. The van der Waals surface area contributed by atoms with E-state index in [1.54, 1.807) is 13.8 Å². The van der Waals surface area contributed by atoms with E-state index in [2.05, 4.69) is 4.74 Å². The van der Waals surface area contributed by atoms with Crippen LogP contribution >= 0.6 is 0 Å². The minimum absolute atomic E-state index is 0.135. The van der Waals surface area contributed by atoms with Crippen LogP contribution in [0.1, 0.15) is 29.8 Å². The van der Waals surface area contributed by atoms with E-state index in [0.29, 0.717) is 0 Å². The smallest absolute Gasteiger partial charge is 0.465 e. The summed E-state index contributed by atoms with van der Waals surface area (Å²) in [6.45, 7) is 3.78. The van der Waals surface area contributed by atoms with Crippen molar-refractivity contribution in [2.75, 3.05) is 13.7 Å². The van der Waals surface area contributed by atoms with Crippen LogP contribution in [0.25, 0.3) is 0 Å². The molecule has 1 aromatic carbocycles. The molecule has 4 nitrogen and oxygen atoms in total. The average molecular weight is 302 g/mol. The highest BCUT2D eigenvalue weighted by Gasteiger charge is 2.40. The molecule has 0 unspecified atom stereocenters. The molecule has 1 saturated heterocycles. The summed E-state index contributed by atoms with van der Waals surface area (Å²) in [6, 6.07) is 2.95. The van der Waals surface area contributed by atoms with Gasteiger partial charge in [-0.15, -0.1) is 0 Å². The number of esters is 1. The highest BCUT2D eigenvalue weighted by atomic mass is 19.4. The molecule has 1 aliphatic rings. The lowest BCUT2D eigenvalue weighted by molar-refractivity contribution is -0.137. The monoisotopic (exact) mass is 302 g/mol. The lowest BCUT2D eigenvalue weighted by Gasteiger charge is -2.16. The molecule has 1 heterocycles. The molecule has 1 aromatic rings. The normalized spacial score (nSPS) is 17.9. The fourth-order valence-corrected chi connectivity index (χ4v) is 1.99. The van der Waals surface area contributed by atoms with Gasteiger partial charge in [-0.25, -0.2) is 4.79 Å². The number of carbonyl (C=O) groups excluding carboxylic acids is 1. The molecule has 0 spiro atoms. The van der Waals surface area contributed by atoms with E-state index in [9.17, 15) is 18.0 Å². The van der Waals surface area contributed by atoms with Gasteiger partial charge in [0.05, 0.1) is 30.4 Å². The van der Waals surface area contributed by atoms with Crippen LogP contribution in [0, 0.1) is 0 Å². The van der Waals surface area contributed by atoms with Gasteiger partial charge in [0.15, 0.2) is 0 Å². The molecule has 1 fully saturated rings. The largest absolute Gasteiger partial charge is 0.494 e. The van der Waals surface area contributed by atoms with Gasteiger partial charge in [0.2, 0.25) is 0 Å². The van der Waals surface area contributed by atoms with E-state index in [0.717, 1.165) is 19.2 Å². The maximum Gasteiger partial charge on any atom is 0.494 e. The summed E-state index contributed by atoms with van der Waals surface area (Å²) >= 11 is 0. The van der Waals surface area contributed by atoms with Gasteiger partial charge >= 0.3 is 19.3 Å². The van der Waals surface area contributed by atoms with Crippen molar-refractivity contribution >= 4 is 18.6 Å². The van der Waals surface area contributed by atoms with Crippen molar-refractivity contribution in [3.8, 4) is 0 Å². The number of halogens is 3. The van der Waals surface area contributed by atoms with E-state index in [-0.39, 0.29) is 17.6 Å². The molecule has 0 atom stereocenters. The summed E-state index contributed by atoms with van der Waals surface area (Å²) in [5.41, 5.74) is -1.60. The summed E-state index contributed by atoms with van der Waals surface area (Å²) in [4.78, 5) is 11.5. The van der Waals surface area contributed by atoms with Crippen molar-refractivity contribution in [1.82, 2.24) is 0 Å². The predicted octanol–water partition coefficient (Wildman–Crippen LogP) is 2.01. The first-order valence-corrected chi connectivity index (χ1v) is 6.22. The Hall–Kier alpha value is -1.54. The number of rotatable bonds is 2. The van der Waals surface area contributed by atoms with Gasteiger partial charge in [-0.1, -0.05) is 6.07 Å². The Kier molecular flexibility index (Phi) is 4.03. The molecule has 0 aromatic heterocycles. The van der Waals surface area contributed by atoms with Gasteiger partial charge in [-0.2, -0.15) is 13.2 Å². The van der Waals surface area contributed by atoms with Crippen molar-refractivity contribution < 1.29 is 32.0 Å². The van der Waals surface area contributed by atoms with Gasteiger partial charge < -0.3 is 14.0 Å². The van der Waals surface area contributed by atoms with Crippen LogP contribution in [0.2, 0.25) is 0 Å². The first kappa shape index (κ1) is 15.8. The Morgan fingerprint density at radius 2 is 2.00 bits per heavy atom. The lowest BCUT2D eigenvalue weighted by atomic mass is 9.77. The number of methoxy groups -OCH3 is 1. The third kappa shape index (κ3) is 3.57. The zero-order valence-electron chi connectivity index (χ0n) is 11.8. The molecule has 21 heavy (non-hydrogen) atoms. The molecule has 2 rings (SSSR count). The van der Waals surface area contributed by atoms with Crippen molar-refractivity contribution in [2.45, 2.75) is 25.6 Å². The summed E-state index contributed by atoms with van der Waals surface area (Å²) in [7, 11) is 0.166. The Bertz CT molecular complexity index is 557. The molecule has 0 radical (unpaired) electrons. The van der Waals surface area contributed by atoms with Gasteiger partial charge in [0.1, 0.15) is 0 Å². The molecular formula is C13H14BF3O4. The molecule has 0 N–H and O–H groups in total. The number of hydrogen-bond donors (Lipinski definition) is 0. The van der Waals surface area contributed by atoms with E-state index in [4.69, 9.17) is 9.31 Å². The van der Waals surface area contributed by atoms with Crippen molar-refractivity contribution in [2.24, 2.45) is 0 Å². The summed E-state index contributed by atoms with van der Waals surface area (Å²) in [5.74, 6) is -0.848. The van der Waals surface area contributed by atoms with Crippen molar-refractivity contribution in [3.63, 3.8) is 0 Å². The fraction of sp³-hybridized carbons (Fsp3) is 0.462. The van der Waals surface area contributed by atoms with Crippen molar-refractivity contribution in [3.05, 3.63) is 29.3 Å². The topological polar surface area (TPSA) is 44.8 Å². The van der Waals surface area contributed by atoms with E-state index < -0.39 is 30.4 Å². The third-order valence-corrected chi connectivity index (χ3v) is 2.98. The summed E-state index contributed by atoms with van der Waals surface area (Å²) in [5, 5.41) is 0. The molecule has 0 amide bonds. The SMILES string of the molecule is COC(=O)c1cc(B2OCC(C)(C)O2)cc(C(F)(F)F)c1. The first-order valence-electron chi connectivity index (χ1n) is 6.22.